The molecule has 0 saturated heterocycles. The Bertz CT molecular complexity index is 520. The molecule has 20 heavy (non-hydrogen) atoms. The number of carboxylic acids is 1. The summed E-state index contributed by atoms with van der Waals surface area (Å²) in [5, 5.41) is 13.3. The molecule has 1 aromatic rings. The molecule has 0 bridgehead atoms. The second-order valence-corrected chi connectivity index (χ2v) is 7.05. The van der Waals surface area contributed by atoms with Gasteiger partial charge in [-0.2, -0.15) is 5.10 Å². The van der Waals surface area contributed by atoms with Gasteiger partial charge in [-0.15, -0.1) is 0 Å². The number of carbonyl (C=O) groups is 1. The lowest BCUT2D eigenvalue weighted by Crippen LogP contribution is -2.18. The Labute approximate surface area is 121 Å². The summed E-state index contributed by atoms with van der Waals surface area (Å²) in [4.78, 5) is 10.8. The topological polar surface area (TPSA) is 72.2 Å². The van der Waals surface area contributed by atoms with E-state index in [9.17, 15) is 9.00 Å². The molecular weight excluding hydrogens is 276 g/mol. The predicted molar refractivity (Wildman–Crippen MR) is 77.9 cm³/mol. The van der Waals surface area contributed by atoms with Crippen LogP contribution in [0.4, 0.5) is 0 Å². The first-order valence-electron chi connectivity index (χ1n) is 7.10. The monoisotopic (exact) mass is 298 g/mol. The van der Waals surface area contributed by atoms with Crippen LogP contribution in [-0.4, -0.2) is 30.8 Å². The number of nitrogens with zero attached hydrogens (tertiary/aromatic N) is 2. The molecule has 1 unspecified atom stereocenters. The van der Waals surface area contributed by atoms with Crippen LogP contribution in [0.3, 0.4) is 0 Å². The third-order valence-electron chi connectivity index (χ3n) is 3.84. The van der Waals surface area contributed by atoms with Crippen molar-refractivity contribution in [2.45, 2.75) is 51.8 Å². The molecule has 112 valence electrons. The summed E-state index contributed by atoms with van der Waals surface area (Å²) >= 11 is 0. The average Bonchev–Trinajstić information content (AvgIpc) is 2.99. The quantitative estimate of drug-likeness (QED) is 0.796. The molecule has 0 aliphatic heterocycles. The second-order valence-electron chi connectivity index (χ2n) is 5.60. The van der Waals surface area contributed by atoms with Crippen molar-refractivity contribution >= 4 is 16.8 Å². The SMILES string of the molecule is CCc1cc(CS(=O)CC2(CC(=O)O)CC2)n(CC)n1. The average molecular weight is 298 g/mol. The summed E-state index contributed by atoms with van der Waals surface area (Å²) in [7, 11) is -1.02. The number of carboxylic acid groups (broad SMARTS) is 1. The molecule has 6 heteroatoms. The van der Waals surface area contributed by atoms with Crippen LogP contribution in [0.25, 0.3) is 0 Å². The first-order chi connectivity index (χ1) is 9.48. The summed E-state index contributed by atoms with van der Waals surface area (Å²) in [5.41, 5.74) is 1.81. The minimum atomic E-state index is -1.02. The van der Waals surface area contributed by atoms with Crippen LogP contribution in [0, 0.1) is 5.41 Å². The van der Waals surface area contributed by atoms with Crippen LogP contribution in [0.5, 0.6) is 0 Å². The zero-order valence-corrected chi connectivity index (χ0v) is 12.9. The number of hydrogen-bond donors (Lipinski definition) is 1. The van der Waals surface area contributed by atoms with Gasteiger partial charge in [-0.25, -0.2) is 0 Å². The molecule has 1 aliphatic rings. The molecule has 0 radical (unpaired) electrons. The Kier molecular flexibility index (Phi) is 4.62. The maximum absolute atomic E-state index is 12.3. The van der Waals surface area contributed by atoms with E-state index in [1.54, 1.807) is 0 Å². The highest BCUT2D eigenvalue weighted by molar-refractivity contribution is 7.84. The van der Waals surface area contributed by atoms with Crippen molar-refractivity contribution in [2.24, 2.45) is 5.41 Å². The van der Waals surface area contributed by atoms with E-state index in [2.05, 4.69) is 12.0 Å². The summed E-state index contributed by atoms with van der Waals surface area (Å²) in [5.74, 6) is 0.184. The van der Waals surface area contributed by atoms with Crippen molar-refractivity contribution in [2.75, 3.05) is 5.75 Å². The van der Waals surface area contributed by atoms with Crippen molar-refractivity contribution in [1.29, 1.82) is 0 Å². The Morgan fingerprint density at radius 3 is 2.70 bits per heavy atom. The second kappa shape index (κ2) is 6.08. The molecule has 0 aromatic carbocycles. The highest BCUT2D eigenvalue weighted by Gasteiger charge is 2.45. The van der Waals surface area contributed by atoms with Gasteiger partial charge in [-0.05, 0) is 37.7 Å². The molecule has 1 atom stereocenters. The first-order valence-corrected chi connectivity index (χ1v) is 8.59. The zero-order chi connectivity index (χ0) is 14.8. The number of aryl methyl sites for hydroxylation is 2. The normalized spacial score (nSPS) is 17.9. The van der Waals surface area contributed by atoms with E-state index < -0.39 is 16.8 Å². The van der Waals surface area contributed by atoms with Crippen molar-refractivity contribution in [1.82, 2.24) is 9.78 Å². The van der Waals surface area contributed by atoms with E-state index in [0.29, 0.717) is 11.5 Å². The van der Waals surface area contributed by atoms with E-state index in [0.717, 1.165) is 37.2 Å². The highest BCUT2D eigenvalue weighted by atomic mass is 32.2. The summed E-state index contributed by atoms with van der Waals surface area (Å²) < 4.78 is 14.2. The highest BCUT2D eigenvalue weighted by Crippen LogP contribution is 2.49. The van der Waals surface area contributed by atoms with Crippen LogP contribution in [0.2, 0.25) is 0 Å². The lowest BCUT2D eigenvalue weighted by Gasteiger charge is -2.12. The maximum atomic E-state index is 12.3. The fourth-order valence-corrected chi connectivity index (χ4v) is 4.24. The lowest BCUT2D eigenvalue weighted by atomic mass is 10.1. The van der Waals surface area contributed by atoms with Crippen LogP contribution >= 0.6 is 0 Å². The van der Waals surface area contributed by atoms with Gasteiger partial charge in [-0.1, -0.05) is 6.92 Å². The van der Waals surface area contributed by atoms with E-state index >= 15 is 0 Å². The van der Waals surface area contributed by atoms with Gasteiger partial charge in [-0.3, -0.25) is 13.7 Å². The van der Waals surface area contributed by atoms with Crippen molar-refractivity contribution < 1.29 is 14.1 Å². The number of aromatic nitrogens is 2. The Balaban J connectivity index is 1.98. The van der Waals surface area contributed by atoms with Crippen LogP contribution in [0.15, 0.2) is 6.07 Å². The molecule has 1 aliphatic carbocycles. The van der Waals surface area contributed by atoms with Crippen LogP contribution < -0.4 is 0 Å². The van der Waals surface area contributed by atoms with Crippen LogP contribution in [0.1, 0.15) is 44.5 Å². The predicted octanol–water partition coefficient (Wildman–Crippen LogP) is 1.97. The third-order valence-corrected chi connectivity index (χ3v) is 5.39. The van der Waals surface area contributed by atoms with Gasteiger partial charge in [0.05, 0.1) is 23.6 Å². The molecule has 1 fully saturated rings. The van der Waals surface area contributed by atoms with E-state index in [4.69, 9.17) is 5.11 Å². The number of hydrogen-bond acceptors (Lipinski definition) is 3. The molecule has 1 saturated carbocycles. The minimum absolute atomic E-state index is 0.145. The van der Waals surface area contributed by atoms with E-state index in [-0.39, 0.29) is 11.8 Å². The molecule has 0 spiro atoms. The van der Waals surface area contributed by atoms with Gasteiger partial charge < -0.3 is 5.11 Å². The van der Waals surface area contributed by atoms with Gasteiger partial charge >= 0.3 is 5.97 Å². The zero-order valence-electron chi connectivity index (χ0n) is 12.1. The number of aliphatic carboxylic acids is 1. The lowest BCUT2D eigenvalue weighted by molar-refractivity contribution is -0.138. The Hall–Kier alpha value is -1.17. The van der Waals surface area contributed by atoms with Gasteiger partial charge in [0.25, 0.3) is 0 Å². The maximum Gasteiger partial charge on any atom is 0.303 e. The molecular formula is C14H22N2O3S. The molecule has 1 heterocycles. The molecule has 5 nitrogen and oxygen atoms in total. The van der Waals surface area contributed by atoms with Crippen molar-refractivity contribution in [3.8, 4) is 0 Å². The van der Waals surface area contributed by atoms with Gasteiger partial charge in [0.1, 0.15) is 0 Å². The standard InChI is InChI=1S/C14H22N2O3S/c1-3-11-7-12(16(4-2)15-11)9-20(19)10-14(5-6-14)8-13(17)18/h7H,3-6,8-10H2,1-2H3,(H,17,18). The van der Waals surface area contributed by atoms with E-state index in [1.165, 1.54) is 0 Å². The minimum Gasteiger partial charge on any atom is -0.481 e. The largest absolute Gasteiger partial charge is 0.481 e. The fraction of sp³-hybridized carbons (Fsp3) is 0.714. The van der Waals surface area contributed by atoms with Gasteiger partial charge in [0.2, 0.25) is 0 Å². The third kappa shape index (κ3) is 3.69. The first kappa shape index (κ1) is 15.2. The Morgan fingerprint density at radius 2 is 2.20 bits per heavy atom. The fourth-order valence-electron chi connectivity index (χ4n) is 2.50. The molecule has 1 aromatic heterocycles. The Morgan fingerprint density at radius 1 is 1.50 bits per heavy atom. The molecule has 1 N–H and O–H groups in total. The van der Waals surface area contributed by atoms with Crippen molar-refractivity contribution in [3.63, 3.8) is 0 Å². The summed E-state index contributed by atoms with van der Waals surface area (Å²) in [6.07, 6.45) is 2.79. The summed E-state index contributed by atoms with van der Waals surface area (Å²) in [6.45, 7) is 4.84. The smallest absolute Gasteiger partial charge is 0.303 e. The van der Waals surface area contributed by atoms with Crippen LogP contribution in [-0.2, 0) is 34.3 Å². The van der Waals surface area contributed by atoms with Gasteiger partial charge in [0, 0.05) is 23.1 Å². The van der Waals surface area contributed by atoms with Gasteiger partial charge in [0.15, 0.2) is 0 Å². The van der Waals surface area contributed by atoms with E-state index in [1.807, 2.05) is 17.7 Å². The molecule has 0 amide bonds. The van der Waals surface area contributed by atoms with Crippen molar-refractivity contribution in [3.05, 3.63) is 17.5 Å². The molecule has 2 rings (SSSR count). The summed E-state index contributed by atoms with van der Waals surface area (Å²) in [6, 6.07) is 2.01. The number of rotatable bonds is 8.